The molecule has 1 aromatic heterocycles. The number of carboxylic acids is 1. The van der Waals surface area contributed by atoms with Gasteiger partial charge in [-0.05, 0) is 31.2 Å². The molecule has 2 aromatic rings. The number of anilines is 1. The molecule has 0 spiro atoms. The van der Waals surface area contributed by atoms with Crippen molar-refractivity contribution in [3.8, 4) is 5.69 Å². The van der Waals surface area contributed by atoms with Gasteiger partial charge in [0.1, 0.15) is 0 Å². The number of hydrogen-bond donors (Lipinski definition) is 4. The number of hydrogen-bond acceptors (Lipinski definition) is 4. The fourth-order valence-corrected chi connectivity index (χ4v) is 1.92. The summed E-state index contributed by atoms with van der Waals surface area (Å²) in [6.07, 6.45) is -1.74. The van der Waals surface area contributed by atoms with E-state index in [1.807, 2.05) is 0 Å². The Hall–Kier alpha value is -3.08. The summed E-state index contributed by atoms with van der Waals surface area (Å²) in [4.78, 5) is 22.7. The van der Waals surface area contributed by atoms with Crippen molar-refractivity contribution in [2.45, 2.75) is 18.7 Å². The Morgan fingerprint density at radius 1 is 1.31 bits per heavy atom. The van der Waals surface area contributed by atoms with Crippen LogP contribution in [0.4, 0.5) is 23.7 Å². The topological polar surface area (TPSA) is 116 Å². The maximum Gasteiger partial charge on any atom is 0.416 e. The molecule has 0 saturated heterocycles. The number of amides is 2. The van der Waals surface area contributed by atoms with Crippen LogP contribution in [0.5, 0.6) is 0 Å². The van der Waals surface area contributed by atoms with Crippen LogP contribution in [0.2, 0.25) is 0 Å². The summed E-state index contributed by atoms with van der Waals surface area (Å²) >= 11 is 0. The highest BCUT2D eigenvalue weighted by Gasteiger charge is 2.32. The molecule has 11 heteroatoms. The Morgan fingerprint density at radius 3 is 2.54 bits per heavy atom. The van der Waals surface area contributed by atoms with Crippen molar-refractivity contribution in [3.63, 3.8) is 0 Å². The van der Waals surface area contributed by atoms with E-state index in [2.05, 4.69) is 15.7 Å². The highest BCUT2D eigenvalue weighted by Crippen LogP contribution is 2.33. The number of alkyl halides is 3. The number of aliphatic carboxylic acids is 1. The predicted molar refractivity (Wildman–Crippen MR) is 83.8 cm³/mol. The van der Waals surface area contributed by atoms with Crippen LogP contribution in [0.25, 0.3) is 5.69 Å². The Bertz CT molecular complexity index is 804. The van der Waals surface area contributed by atoms with Crippen molar-refractivity contribution in [1.82, 2.24) is 15.1 Å². The zero-order chi connectivity index (χ0) is 19.5. The first-order chi connectivity index (χ1) is 12.0. The van der Waals surface area contributed by atoms with Crippen LogP contribution in [0.15, 0.2) is 36.7 Å². The Morgan fingerprint density at radius 2 is 2.00 bits per heavy atom. The second-order valence-electron chi connectivity index (χ2n) is 5.57. The van der Waals surface area contributed by atoms with E-state index in [0.29, 0.717) is 0 Å². The van der Waals surface area contributed by atoms with Gasteiger partial charge < -0.3 is 20.8 Å². The van der Waals surface area contributed by atoms with E-state index in [-0.39, 0.29) is 11.4 Å². The van der Waals surface area contributed by atoms with Gasteiger partial charge in [-0.2, -0.15) is 18.3 Å². The van der Waals surface area contributed by atoms with E-state index in [0.717, 1.165) is 25.1 Å². The number of nitrogens with one attached hydrogen (secondary N) is 2. The third-order valence-corrected chi connectivity index (χ3v) is 3.38. The summed E-state index contributed by atoms with van der Waals surface area (Å²) in [5, 5.41) is 26.5. The summed E-state index contributed by atoms with van der Waals surface area (Å²) in [6, 6.07) is 3.27. The molecule has 0 bridgehead atoms. The van der Waals surface area contributed by atoms with E-state index in [1.54, 1.807) is 6.07 Å². The number of nitrogens with zero attached hydrogens (tertiary/aromatic N) is 2. The van der Waals surface area contributed by atoms with Gasteiger partial charge >= 0.3 is 18.2 Å². The minimum atomic E-state index is -4.62. The molecule has 0 fully saturated rings. The highest BCUT2D eigenvalue weighted by molar-refractivity contribution is 5.92. The van der Waals surface area contributed by atoms with E-state index >= 15 is 0 Å². The summed E-state index contributed by atoms with van der Waals surface area (Å²) in [6.45, 7) is 0.319. The second kappa shape index (κ2) is 7.04. The van der Waals surface area contributed by atoms with Crippen molar-refractivity contribution in [2.75, 3.05) is 11.9 Å². The molecule has 4 N–H and O–H groups in total. The smallest absolute Gasteiger partial charge is 0.416 e. The van der Waals surface area contributed by atoms with Crippen LogP contribution in [0.1, 0.15) is 12.5 Å². The summed E-state index contributed by atoms with van der Waals surface area (Å²) in [7, 11) is 0. The minimum absolute atomic E-state index is 0.170. The number of carbonyl (C=O) groups is 2. The monoisotopic (exact) mass is 372 g/mol. The van der Waals surface area contributed by atoms with E-state index in [4.69, 9.17) is 5.11 Å². The number of halogens is 3. The molecule has 1 heterocycles. The number of carbonyl (C=O) groups excluding carboxylic acids is 1. The standard InChI is InChI=1S/C15H15F3N4O4/c1-14(26,12(23)24)8-19-13(25)21-10-7-9(15(16,17)18)3-4-11(10)22-6-2-5-20-22/h2-7,26H,8H2,1H3,(H,23,24)(H2,19,21,25). The van der Waals surface area contributed by atoms with E-state index in [9.17, 15) is 27.9 Å². The van der Waals surface area contributed by atoms with Crippen LogP contribution in [0.3, 0.4) is 0 Å². The average molecular weight is 372 g/mol. The second-order valence-corrected chi connectivity index (χ2v) is 5.57. The molecule has 0 aliphatic rings. The molecule has 2 amide bonds. The van der Waals surface area contributed by atoms with Gasteiger partial charge in [0.2, 0.25) is 0 Å². The minimum Gasteiger partial charge on any atom is -0.479 e. The fraction of sp³-hybridized carbons (Fsp3) is 0.267. The molecular formula is C15H15F3N4O4. The number of urea groups is 1. The number of aliphatic hydroxyl groups is 1. The first kappa shape index (κ1) is 19.2. The molecule has 0 saturated carbocycles. The molecule has 0 radical (unpaired) electrons. The average Bonchev–Trinajstić information content (AvgIpc) is 3.06. The van der Waals surface area contributed by atoms with Crippen LogP contribution in [0, 0.1) is 0 Å². The van der Waals surface area contributed by atoms with Crippen molar-refractivity contribution >= 4 is 17.7 Å². The SMILES string of the molecule is CC(O)(CNC(=O)Nc1cc(C(F)(F)F)ccc1-n1cccn1)C(=O)O. The number of rotatable bonds is 5. The summed E-state index contributed by atoms with van der Waals surface area (Å²) < 4.78 is 40.0. The van der Waals surface area contributed by atoms with Gasteiger partial charge in [-0.1, -0.05) is 0 Å². The first-order valence-electron chi connectivity index (χ1n) is 7.22. The van der Waals surface area contributed by atoms with Crippen LogP contribution >= 0.6 is 0 Å². The lowest BCUT2D eigenvalue weighted by atomic mass is 10.1. The highest BCUT2D eigenvalue weighted by atomic mass is 19.4. The lowest BCUT2D eigenvalue weighted by molar-refractivity contribution is -0.155. The molecule has 8 nitrogen and oxygen atoms in total. The number of benzene rings is 1. The van der Waals surface area contributed by atoms with Crippen molar-refractivity contribution in [3.05, 3.63) is 42.2 Å². The normalized spacial score (nSPS) is 13.7. The van der Waals surface area contributed by atoms with Crippen LogP contribution < -0.4 is 10.6 Å². The third-order valence-electron chi connectivity index (χ3n) is 3.38. The fourth-order valence-electron chi connectivity index (χ4n) is 1.92. The van der Waals surface area contributed by atoms with E-state index < -0.39 is 35.9 Å². The Kier molecular flexibility index (Phi) is 5.21. The lowest BCUT2D eigenvalue weighted by Gasteiger charge is -2.19. The van der Waals surface area contributed by atoms with Gasteiger partial charge in [0.25, 0.3) is 0 Å². The number of carboxylic acid groups (broad SMARTS) is 1. The molecule has 2 rings (SSSR count). The quantitative estimate of drug-likeness (QED) is 0.639. The predicted octanol–water partition coefficient (Wildman–Crippen LogP) is 1.85. The van der Waals surface area contributed by atoms with Gasteiger partial charge in [0, 0.05) is 12.4 Å². The molecule has 140 valence electrons. The zero-order valence-electron chi connectivity index (χ0n) is 13.4. The maximum atomic E-state index is 12.9. The summed E-state index contributed by atoms with van der Waals surface area (Å²) in [5.74, 6) is -1.56. The lowest BCUT2D eigenvalue weighted by Crippen LogP contribution is -2.47. The van der Waals surface area contributed by atoms with Gasteiger partial charge in [0.05, 0.1) is 23.5 Å². The number of aromatic nitrogens is 2. The van der Waals surface area contributed by atoms with Gasteiger partial charge in [0.15, 0.2) is 5.60 Å². The van der Waals surface area contributed by atoms with Gasteiger partial charge in [-0.15, -0.1) is 0 Å². The first-order valence-corrected chi connectivity index (χ1v) is 7.22. The maximum absolute atomic E-state index is 12.9. The van der Waals surface area contributed by atoms with Crippen LogP contribution in [-0.4, -0.2) is 44.1 Å². The molecule has 26 heavy (non-hydrogen) atoms. The molecule has 1 atom stereocenters. The van der Waals surface area contributed by atoms with Gasteiger partial charge in [-0.25, -0.2) is 14.3 Å². The molecular weight excluding hydrogens is 357 g/mol. The van der Waals surface area contributed by atoms with Crippen LogP contribution in [-0.2, 0) is 11.0 Å². The Labute approximate surface area is 145 Å². The zero-order valence-corrected chi connectivity index (χ0v) is 13.4. The molecule has 1 aromatic carbocycles. The molecule has 0 aliphatic heterocycles. The third kappa shape index (κ3) is 4.51. The van der Waals surface area contributed by atoms with Crippen molar-refractivity contribution in [2.24, 2.45) is 0 Å². The largest absolute Gasteiger partial charge is 0.479 e. The van der Waals surface area contributed by atoms with E-state index in [1.165, 1.54) is 17.1 Å². The van der Waals surface area contributed by atoms with Crippen molar-refractivity contribution < 1.29 is 33.0 Å². The molecule has 0 aliphatic carbocycles. The summed E-state index contributed by atoms with van der Waals surface area (Å²) in [5.41, 5.74) is -3.24. The van der Waals surface area contributed by atoms with Crippen molar-refractivity contribution in [1.29, 1.82) is 0 Å². The molecule has 1 unspecified atom stereocenters. The van der Waals surface area contributed by atoms with Gasteiger partial charge in [-0.3, -0.25) is 0 Å². The Balaban J connectivity index is 2.25.